The predicted molar refractivity (Wildman–Crippen MR) is 92.7 cm³/mol. The molecule has 1 N–H and O–H groups in total. The maximum absolute atomic E-state index is 13.4. The maximum atomic E-state index is 13.4. The van der Waals surface area contributed by atoms with Crippen LogP contribution >= 0.6 is 0 Å². The first-order valence-corrected chi connectivity index (χ1v) is 8.07. The van der Waals surface area contributed by atoms with Crippen LogP contribution < -0.4 is 10.9 Å². The predicted octanol–water partition coefficient (Wildman–Crippen LogP) is 1.98. The Morgan fingerprint density at radius 3 is 2.75 bits per heavy atom. The topological polar surface area (TPSA) is 103 Å². The lowest BCUT2D eigenvalue weighted by molar-refractivity contribution is 0.0946. The molecule has 0 saturated carbocycles. The molecular formula is C18H11F2N5O3. The standard InChI is InChI=1S/C18H11F2N5O3/c19-13-6-5-11(8-14(13)20)25-16(22-23-24-25)9-21-17(26)12-7-10-3-1-2-4-15(10)28-18(12)27/h1-8H,9H2,(H,21,26). The van der Waals surface area contributed by atoms with Crippen molar-refractivity contribution in [1.82, 2.24) is 25.5 Å². The third-order valence-electron chi connectivity index (χ3n) is 3.97. The molecular weight excluding hydrogens is 372 g/mol. The molecule has 8 nitrogen and oxygen atoms in total. The molecule has 2 aromatic carbocycles. The van der Waals surface area contributed by atoms with Gasteiger partial charge in [0.25, 0.3) is 5.91 Å². The molecule has 0 atom stereocenters. The van der Waals surface area contributed by atoms with E-state index < -0.39 is 23.2 Å². The van der Waals surface area contributed by atoms with Crippen LogP contribution in [0.3, 0.4) is 0 Å². The molecule has 0 bridgehead atoms. The van der Waals surface area contributed by atoms with Crippen molar-refractivity contribution in [2.45, 2.75) is 6.54 Å². The van der Waals surface area contributed by atoms with Crippen LogP contribution in [0.5, 0.6) is 0 Å². The lowest BCUT2D eigenvalue weighted by Gasteiger charge is -2.07. The van der Waals surface area contributed by atoms with Gasteiger partial charge in [-0.15, -0.1) is 5.10 Å². The molecule has 0 fully saturated rings. The molecule has 0 aliphatic carbocycles. The minimum absolute atomic E-state index is 0.156. The first kappa shape index (κ1) is 17.5. The van der Waals surface area contributed by atoms with Gasteiger partial charge in [-0.2, -0.15) is 4.68 Å². The van der Waals surface area contributed by atoms with Crippen LogP contribution in [0, 0.1) is 11.6 Å². The number of fused-ring (bicyclic) bond motifs is 1. The molecule has 2 aromatic heterocycles. The zero-order valence-corrected chi connectivity index (χ0v) is 14.1. The van der Waals surface area contributed by atoms with E-state index in [0.29, 0.717) is 11.0 Å². The van der Waals surface area contributed by atoms with Crippen LogP contribution in [0.2, 0.25) is 0 Å². The highest BCUT2D eigenvalue weighted by molar-refractivity contribution is 5.96. The zero-order valence-electron chi connectivity index (χ0n) is 14.1. The van der Waals surface area contributed by atoms with Gasteiger partial charge in [0.1, 0.15) is 11.1 Å². The number of halogens is 2. The Morgan fingerprint density at radius 1 is 1.11 bits per heavy atom. The second kappa shape index (κ2) is 6.99. The van der Waals surface area contributed by atoms with E-state index >= 15 is 0 Å². The maximum Gasteiger partial charge on any atom is 0.349 e. The Bertz CT molecular complexity index is 1250. The Hall–Kier alpha value is -3.95. The van der Waals surface area contributed by atoms with E-state index in [4.69, 9.17) is 4.42 Å². The van der Waals surface area contributed by atoms with Crippen molar-refractivity contribution in [2.24, 2.45) is 0 Å². The number of hydrogen-bond donors (Lipinski definition) is 1. The van der Waals surface area contributed by atoms with E-state index in [9.17, 15) is 18.4 Å². The minimum atomic E-state index is -1.06. The number of carbonyl (C=O) groups excluding carboxylic acids is 1. The van der Waals surface area contributed by atoms with Crippen LogP contribution in [0.1, 0.15) is 16.2 Å². The van der Waals surface area contributed by atoms with Crippen LogP contribution in [0.4, 0.5) is 8.78 Å². The number of rotatable bonds is 4. The van der Waals surface area contributed by atoms with Gasteiger partial charge in [-0.1, -0.05) is 18.2 Å². The molecule has 0 radical (unpaired) electrons. The van der Waals surface area contributed by atoms with Crippen molar-refractivity contribution in [1.29, 1.82) is 0 Å². The summed E-state index contributed by atoms with van der Waals surface area (Å²) in [5.41, 5.74) is -0.411. The number of amides is 1. The third-order valence-corrected chi connectivity index (χ3v) is 3.97. The molecule has 0 aliphatic rings. The van der Waals surface area contributed by atoms with E-state index in [1.165, 1.54) is 12.1 Å². The lowest BCUT2D eigenvalue weighted by Crippen LogP contribution is -2.29. The van der Waals surface area contributed by atoms with Crippen molar-refractivity contribution < 1.29 is 18.0 Å². The Labute approximate surface area is 155 Å². The summed E-state index contributed by atoms with van der Waals surface area (Å²) in [6.07, 6.45) is 0. The molecule has 4 rings (SSSR count). The number of hydrogen-bond acceptors (Lipinski definition) is 6. The summed E-state index contributed by atoms with van der Waals surface area (Å²) in [5.74, 6) is -2.59. The lowest BCUT2D eigenvalue weighted by atomic mass is 10.2. The summed E-state index contributed by atoms with van der Waals surface area (Å²) in [5, 5.41) is 14.0. The van der Waals surface area contributed by atoms with Crippen molar-refractivity contribution in [3.63, 3.8) is 0 Å². The SMILES string of the molecule is O=C(NCc1nnnn1-c1ccc(F)c(F)c1)c1cc2ccccc2oc1=O. The third kappa shape index (κ3) is 3.22. The van der Waals surface area contributed by atoms with Gasteiger partial charge in [-0.25, -0.2) is 13.6 Å². The summed E-state index contributed by atoms with van der Waals surface area (Å²) in [6, 6.07) is 11.4. The van der Waals surface area contributed by atoms with E-state index in [-0.39, 0.29) is 23.6 Å². The van der Waals surface area contributed by atoms with Gasteiger partial charge in [-0.05, 0) is 34.7 Å². The second-order valence-electron chi connectivity index (χ2n) is 5.77. The molecule has 140 valence electrons. The van der Waals surface area contributed by atoms with Gasteiger partial charge in [0.05, 0.1) is 12.2 Å². The fourth-order valence-corrected chi connectivity index (χ4v) is 2.61. The number of benzene rings is 2. The van der Waals surface area contributed by atoms with Crippen LogP contribution in [-0.2, 0) is 6.54 Å². The number of nitrogens with one attached hydrogen (secondary N) is 1. The fraction of sp³-hybridized carbons (Fsp3) is 0.0556. The highest BCUT2D eigenvalue weighted by Crippen LogP contribution is 2.14. The number of aromatic nitrogens is 4. The van der Waals surface area contributed by atoms with Crippen LogP contribution in [-0.4, -0.2) is 26.1 Å². The number of tetrazole rings is 1. The Morgan fingerprint density at radius 2 is 1.93 bits per heavy atom. The smallest absolute Gasteiger partial charge is 0.349 e. The van der Waals surface area contributed by atoms with Crippen molar-refractivity contribution in [2.75, 3.05) is 0 Å². The average Bonchev–Trinajstić information content (AvgIpc) is 3.16. The number of nitrogens with zero attached hydrogens (tertiary/aromatic N) is 4. The summed E-state index contributed by atoms with van der Waals surface area (Å²) in [4.78, 5) is 24.4. The van der Waals surface area contributed by atoms with Gasteiger partial charge < -0.3 is 9.73 Å². The summed E-state index contributed by atoms with van der Waals surface area (Å²) in [7, 11) is 0. The van der Waals surface area contributed by atoms with E-state index in [0.717, 1.165) is 16.8 Å². The Kier molecular flexibility index (Phi) is 4.36. The highest BCUT2D eigenvalue weighted by Gasteiger charge is 2.16. The molecule has 28 heavy (non-hydrogen) atoms. The summed E-state index contributed by atoms with van der Waals surface area (Å²) < 4.78 is 32.8. The molecule has 0 unspecified atom stereocenters. The van der Waals surface area contributed by atoms with E-state index in [1.807, 2.05) is 0 Å². The van der Waals surface area contributed by atoms with Gasteiger partial charge >= 0.3 is 5.63 Å². The largest absolute Gasteiger partial charge is 0.422 e. The van der Waals surface area contributed by atoms with Crippen LogP contribution in [0.25, 0.3) is 16.7 Å². The minimum Gasteiger partial charge on any atom is -0.422 e. The van der Waals surface area contributed by atoms with Gasteiger partial charge in [-0.3, -0.25) is 4.79 Å². The molecule has 0 saturated heterocycles. The van der Waals surface area contributed by atoms with Crippen molar-refractivity contribution in [3.05, 3.63) is 82.0 Å². The number of carbonyl (C=O) groups is 1. The van der Waals surface area contributed by atoms with E-state index in [1.54, 1.807) is 24.3 Å². The average molecular weight is 383 g/mol. The fourth-order valence-electron chi connectivity index (χ4n) is 2.61. The summed E-state index contributed by atoms with van der Waals surface area (Å²) >= 11 is 0. The van der Waals surface area contributed by atoms with E-state index in [2.05, 4.69) is 20.8 Å². The molecule has 2 heterocycles. The van der Waals surface area contributed by atoms with Gasteiger partial charge in [0.15, 0.2) is 17.5 Å². The monoisotopic (exact) mass is 383 g/mol. The molecule has 1 amide bonds. The molecule has 4 aromatic rings. The van der Waals surface area contributed by atoms with Crippen molar-refractivity contribution >= 4 is 16.9 Å². The Balaban J connectivity index is 1.56. The van der Waals surface area contributed by atoms with Crippen LogP contribution in [0.15, 0.2) is 57.7 Å². The first-order chi connectivity index (χ1) is 13.5. The zero-order chi connectivity index (χ0) is 19.7. The molecule has 0 aliphatic heterocycles. The first-order valence-electron chi connectivity index (χ1n) is 8.07. The number of para-hydroxylation sites is 1. The summed E-state index contributed by atoms with van der Waals surface area (Å²) in [6.45, 7) is -0.156. The quantitative estimate of drug-likeness (QED) is 0.541. The van der Waals surface area contributed by atoms with Gasteiger partial charge in [0, 0.05) is 11.5 Å². The highest BCUT2D eigenvalue weighted by atomic mass is 19.2. The normalized spacial score (nSPS) is 10.9. The van der Waals surface area contributed by atoms with Crippen molar-refractivity contribution in [3.8, 4) is 5.69 Å². The molecule has 0 spiro atoms. The molecule has 10 heteroatoms. The van der Waals surface area contributed by atoms with Gasteiger partial charge in [0.2, 0.25) is 0 Å². The second-order valence-corrected chi connectivity index (χ2v) is 5.77.